The van der Waals surface area contributed by atoms with E-state index in [0.29, 0.717) is 5.69 Å². The number of benzene rings is 2. The molecular weight excluding hydrogens is 386 g/mol. The zero-order valence-electron chi connectivity index (χ0n) is 16.9. The molecule has 0 radical (unpaired) electrons. The number of nitrogens with one attached hydrogen (secondary N) is 1. The van der Waals surface area contributed by atoms with Gasteiger partial charge in [-0.25, -0.2) is 8.78 Å². The van der Waals surface area contributed by atoms with Gasteiger partial charge in [0.15, 0.2) is 6.23 Å². The van der Waals surface area contributed by atoms with Crippen molar-refractivity contribution in [2.75, 3.05) is 5.32 Å². The average molecular weight is 408 g/mol. The summed E-state index contributed by atoms with van der Waals surface area (Å²) in [5.41, 5.74) is 3.18. The van der Waals surface area contributed by atoms with Crippen LogP contribution in [0.4, 0.5) is 14.5 Å². The molecule has 0 fully saturated rings. The number of aryl methyl sites for hydroxylation is 1. The van der Waals surface area contributed by atoms with Gasteiger partial charge in [-0.15, -0.1) is 0 Å². The fraction of sp³-hybridized carbons (Fsp3) is 0.208. The van der Waals surface area contributed by atoms with Crippen LogP contribution < -0.4 is 10.1 Å². The molecule has 1 unspecified atom stereocenters. The van der Waals surface area contributed by atoms with E-state index in [4.69, 9.17) is 4.74 Å². The van der Waals surface area contributed by atoms with Crippen LogP contribution in [-0.4, -0.2) is 15.7 Å². The molecule has 4 rings (SSSR count). The van der Waals surface area contributed by atoms with Gasteiger partial charge in [0.25, 0.3) is 0 Å². The van der Waals surface area contributed by atoms with Gasteiger partial charge in [0, 0.05) is 11.1 Å². The number of halogens is 2. The Morgan fingerprint density at radius 3 is 2.40 bits per heavy atom. The fourth-order valence-electron chi connectivity index (χ4n) is 3.57. The Kier molecular flexibility index (Phi) is 5.03. The Labute approximate surface area is 173 Å². The molecule has 0 saturated heterocycles. The van der Waals surface area contributed by atoms with Gasteiger partial charge in [-0.2, -0.15) is 0 Å². The van der Waals surface area contributed by atoms with Crippen LogP contribution in [0.2, 0.25) is 0 Å². The van der Waals surface area contributed by atoms with Crippen molar-refractivity contribution >= 4 is 11.3 Å². The van der Waals surface area contributed by atoms with E-state index < -0.39 is 29.0 Å². The third kappa shape index (κ3) is 3.78. The maximum absolute atomic E-state index is 13.9. The van der Waals surface area contributed by atoms with Crippen molar-refractivity contribution < 1.29 is 18.6 Å². The number of rotatable bonds is 4. The Balaban J connectivity index is 1.63. The average Bonchev–Trinajstić information content (AvgIpc) is 2.68. The van der Waals surface area contributed by atoms with E-state index in [1.165, 1.54) is 12.3 Å². The summed E-state index contributed by atoms with van der Waals surface area (Å²) in [6.07, 6.45) is 2.01. The Hall–Kier alpha value is -3.25. The first kappa shape index (κ1) is 20.0. The molecule has 154 valence electrons. The van der Waals surface area contributed by atoms with Crippen LogP contribution in [0.1, 0.15) is 42.5 Å². The van der Waals surface area contributed by atoms with Crippen LogP contribution in [-0.2, 0) is 0 Å². The third-order valence-electron chi connectivity index (χ3n) is 4.98. The summed E-state index contributed by atoms with van der Waals surface area (Å²) >= 11 is 0. The minimum absolute atomic E-state index is 0.431. The van der Waals surface area contributed by atoms with E-state index in [1.54, 1.807) is 12.1 Å². The maximum atomic E-state index is 13.9. The van der Waals surface area contributed by atoms with Crippen LogP contribution in [0.15, 0.2) is 60.8 Å². The van der Waals surface area contributed by atoms with Crippen molar-refractivity contribution in [1.29, 1.82) is 0 Å². The molecule has 0 aliphatic carbocycles. The summed E-state index contributed by atoms with van der Waals surface area (Å²) in [4.78, 5) is 4.50. The number of aromatic nitrogens is 1. The minimum Gasteiger partial charge on any atom is -0.483 e. The second-order valence-corrected chi connectivity index (χ2v) is 7.83. The number of hydrogen-bond donors (Lipinski definition) is 2. The van der Waals surface area contributed by atoms with Crippen molar-refractivity contribution in [2.24, 2.45) is 0 Å². The number of fused-ring (bicyclic) bond motifs is 1. The van der Waals surface area contributed by atoms with E-state index in [0.717, 1.165) is 40.3 Å². The van der Waals surface area contributed by atoms with Gasteiger partial charge in [0.1, 0.15) is 23.0 Å². The molecule has 0 amide bonds. The molecule has 30 heavy (non-hydrogen) atoms. The predicted molar refractivity (Wildman–Crippen MR) is 112 cm³/mol. The number of aliphatic hydroxyl groups excluding tert-OH is 1. The molecule has 0 bridgehead atoms. The number of anilines is 1. The molecule has 4 nitrogen and oxygen atoms in total. The second-order valence-electron chi connectivity index (χ2n) is 7.83. The third-order valence-corrected chi connectivity index (χ3v) is 4.98. The van der Waals surface area contributed by atoms with E-state index in [1.807, 2.05) is 45.0 Å². The SMILES string of the molecule is Cc1cccc2c1OC(C)(C)C=C2c1ccc(NC(O)c2c(F)cccc2F)cn1. The topological polar surface area (TPSA) is 54.4 Å². The molecule has 1 atom stereocenters. The summed E-state index contributed by atoms with van der Waals surface area (Å²) in [5.74, 6) is -0.809. The van der Waals surface area contributed by atoms with Crippen molar-refractivity contribution in [1.82, 2.24) is 4.98 Å². The Morgan fingerprint density at radius 2 is 1.73 bits per heavy atom. The van der Waals surface area contributed by atoms with Crippen LogP contribution in [0.25, 0.3) is 5.57 Å². The molecule has 1 aliphatic rings. The first-order chi connectivity index (χ1) is 14.2. The smallest absolute Gasteiger partial charge is 0.156 e. The molecule has 2 N–H and O–H groups in total. The lowest BCUT2D eigenvalue weighted by Crippen LogP contribution is -2.29. The van der Waals surface area contributed by atoms with Gasteiger partial charge in [0.2, 0.25) is 0 Å². The monoisotopic (exact) mass is 408 g/mol. The Morgan fingerprint density at radius 1 is 1.03 bits per heavy atom. The van der Waals surface area contributed by atoms with Crippen LogP contribution in [0.3, 0.4) is 0 Å². The van der Waals surface area contributed by atoms with Crippen molar-refractivity contribution in [3.05, 3.63) is 94.8 Å². The lowest BCUT2D eigenvalue weighted by atomic mass is 9.91. The van der Waals surface area contributed by atoms with Crippen LogP contribution in [0.5, 0.6) is 5.75 Å². The highest BCUT2D eigenvalue weighted by Crippen LogP contribution is 2.40. The van der Waals surface area contributed by atoms with Gasteiger partial charge in [-0.05, 0) is 56.7 Å². The van der Waals surface area contributed by atoms with Gasteiger partial charge < -0.3 is 15.2 Å². The first-order valence-electron chi connectivity index (χ1n) is 9.62. The molecule has 2 aromatic carbocycles. The highest BCUT2D eigenvalue weighted by molar-refractivity contribution is 5.84. The number of pyridine rings is 1. The van der Waals surface area contributed by atoms with Crippen molar-refractivity contribution in [3.63, 3.8) is 0 Å². The van der Waals surface area contributed by atoms with E-state index >= 15 is 0 Å². The number of nitrogens with zero attached hydrogens (tertiary/aromatic N) is 1. The normalized spacial score (nSPS) is 15.6. The first-order valence-corrected chi connectivity index (χ1v) is 9.62. The number of ether oxygens (including phenoxy) is 1. The molecule has 3 aromatic rings. The van der Waals surface area contributed by atoms with E-state index in [9.17, 15) is 13.9 Å². The van der Waals surface area contributed by atoms with Crippen molar-refractivity contribution in [2.45, 2.75) is 32.6 Å². The summed E-state index contributed by atoms with van der Waals surface area (Å²) in [7, 11) is 0. The van der Waals surface area contributed by atoms with Gasteiger partial charge in [-0.3, -0.25) is 4.98 Å². The summed E-state index contributed by atoms with van der Waals surface area (Å²) < 4.78 is 33.9. The second kappa shape index (κ2) is 7.54. The predicted octanol–water partition coefficient (Wildman–Crippen LogP) is 5.37. The highest BCUT2D eigenvalue weighted by atomic mass is 19.1. The standard InChI is InChI=1S/C24H22F2N2O2/c1-14-6-4-7-16-17(12-24(2,3)30-22(14)16)20-11-10-15(13-27-20)28-23(29)21-18(25)8-5-9-19(21)26/h4-13,23,28-29H,1-3H3. The van der Waals surface area contributed by atoms with Crippen LogP contribution >= 0.6 is 0 Å². The highest BCUT2D eigenvalue weighted by Gasteiger charge is 2.28. The molecule has 1 aliphatic heterocycles. The molecule has 6 heteroatoms. The molecule has 0 saturated carbocycles. The minimum atomic E-state index is -1.54. The fourth-order valence-corrected chi connectivity index (χ4v) is 3.57. The summed E-state index contributed by atoms with van der Waals surface area (Å²) in [5, 5.41) is 12.9. The maximum Gasteiger partial charge on any atom is 0.156 e. The lowest BCUT2D eigenvalue weighted by Gasteiger charge is -2.32. The van der Waals surface area contributed by atoms with Gasteiger partial charge in [0.05, 0.1) is 23.1 Å². The van der Waals surface area contributed by atoms with E-state index in [-0.39, 0.29) is 0 Å². The van der Waals surface area contributed by atoms with Gasteiger partial charge in [-0.1, -0.05) is 24.3 Å². The summed E-state index contributed by atoms with van der Waals surface area (Å²) in [6.45, 7) is 5.97. The van der Waals surface area contributed by atoms with E-state index in [2.05, 4.69) is 10.3 Å². The molecule has 2 heterocycles. The van der Waals surface area contributed by atoms with Gasteiger partial charge >= 0.3 is 0 Å². The molecular formula is C24H22F2N2O2. The number of aliphatic hydroxyl groups is 1. The lowest BCUT2D eigenvalue weighted by molar-refractivity contribution is 0.157. The molecule has 0 spiro atoms. The Bertz CT molecular complexity index is 1100. The zero-order valence-corrected chi connectivity index (χ0v) is 16.9. The zero-order chi connectivity index (χ0) is 21.5. The number of para-hydroxylation sites is 1. The quantitative estimate of drug-likeness (QED) is 0.570. The number of hydrogen-bond acceptors (Lipinski definition) is 4. The van der Waals surface area contributed by atoms with Crippen molar-refractivity contribution in [3.8, 4) is 5.75 Å². The largest absolute Gasteiger partial charge is 0.483 e. The van der Waals surface area contributed by atoms with Crippen LogP contribution in [0, 0.1) is 18.6 Å². The molecule has 1 aromatic heterocycles. The summed E-state index contributed by atoms with van der Waals surface area (Å²) in [6, 6.07) is 12.9.